The number of rotatable bonds is 6. The number of nitro groups is 1. The molecule has 7 nitrogen and oxygen atoms in total. The highest BCUT2D eigenvalue weighted by Gasteiger charge is 2.24. The standard InChI is InChI=1S/C11H19N5O2/c1-5-6-15(8(2)3)10-9(16(17)18)7-13-11(12-4)14-10/h7-8H,5-6H2,1-4H3,(H,12,13,14). The van der Waals surface area contributed by atoms with Crippen molar-refractivity contribution in [3.05, 3.63) is 16.3 Å². The van der Waals surface area contributed by atoms with Gasteiger partial charge < -0.3 is 10.2 Å². The number of anilines is 2. The third kappa shape index (κ3) is 3.06. The highest BCUT2D eigenvalue weighted by Crippen LogP contribution is 2.27. The number of nitrogens with zero attached hydrogens (tertiary/aromatic N) is 4. The van der Waals surface area contributed by atoms with E-state index in [1.54, 1.807) is 7.05 Å². The molecule has 0 bridgehead atoms. The minimum absolute atomic E-state index is 0.0591. The van der Waals surface area contributed by atoms with Crippen molar-refractivity contribution in [2.75, 3.05) is 23.8 Å². The molecule has 1 heterocycles. The Morgan fingerprint density at radius 3 is 2.67 bits per heavy atom. The SMILES string of the molecule is CCCN(c1nc(NC)ncc1[N+](=O)[O-])C(C)C. The number of hydrogen-bond donors (Lipinski definition) is 1. The second-order valence-electron chi connectivity index (χ2n) is 4.20. The van der Waals surface area contributed by atoms with Gasteiger partial charge in [0.05, 0.1) is 4.92 Å². The van der Waals surface area contributed by atoms with Crippen LogP contribution in [0.4, 0.5) is 17.5 Å². The molecule has 0 unspecified atom stereocenters. The van der Waals surface area contributed by atoms with E-state index in [1.165, 1.54) is 6.20 Å². The zero-order valence-electron chi connectivity index (χ0n) is 11.2. The molecule has 0 spiro atoms. The molecule has 7 heteroatoms. The van der Waals surface area contributed by atoms with Crippen molar-refractivity contribution in [1.29, 1.82) is 0 Å². The van der Waals surface area contributed by atoms with E-state index in [0.717, 1.165) is 13.0 Å². The molecule has 0 aromatic carbocycles. The summed E-state index contributed by atoms with van der Waals surface area (Å²) in [6.07, 6.45) is 2.15. The number of hydrogen-bond acceptors (Lipinski definition) is 6. The first-order valence-electron chi connectivity index (χ1n) is 5.97. The monoisotopic (exact) mass is 253 g/mol. The van der Waals surface area contributed by atoms with E-state index in [-0.39, 0.29) is 11.7 Å². The molecule has 100 valence electrons. The Hall–Kier alpha value is -1.92. The van der Waals surface area contributed by atoms with Gasteiger partial charge in [-0.3, -0.25) is 10.1 Å². The minimum Gasteiger partial charge on any atom is -0.357 e. The van der Waals surface area contributed by atoms with Crippen LogP contribution in [0.5, 0.6) is 0 Å². The van der Waals surface area contributed by atoms with E-state index in [9.17, 15) is 10.1 Å². The molecule has 1 aromatic heterocycles. The Bertz CT molecular complexity index is 422. The van der Waals surface area contributed by atoms with Crippen molar-refractivity contribution in [3.63, 3.8) is 0 Å². The van der Waals surface area contributed by atoms with Gasteiger partial charge in [0.15, 0.2) is 0 Å². The smallest absolute Gasteiger partial charge is 0.329 e. The third-order valence-corrected chi connectivity index (χ3v) is 2.53. The molecule has 0 saturated carbocycles. The van der Waals surface area contributed by atoms with Crippen molar-refractivity contribution in [3.8, 4) is 0 Å². The maximum Gasteiger partial charge on any atom is 0.329 e. The summed E-state index contributed by atoms with van der Waals surface area (Å²) in [5.41, 5.74) is -0.0591. The van der Waals surface area contributed by atoms with E-state index in [0.29, 0.717) is 11.8 Å². The molecule has 1 rings (SSSR count). The van der Waals surface area contributed by atoms with E-state index in [1.807, 2.05) is 25.7 Å². The van der Waals surface area contributed by atoms with Crippen molar-refractivity contribution >= 4 is 17.5 Å². The maximum atomic E-state index is 11.0. The molecule has 0 aliphatic carbocycles. The van der Waals surface area contributed by atoms with Crippen LogP contribution in [0.2, 0.25) is 0 Å². The molecule has 0 fully saturated rings. The molecular formula is C11H19N5O2. The van der Waals surface area contributed by atoms with Gasteiger partial charge in [0, 0.05) is 19.6 Å². The van der Waals surface area contributed by atoms with Crippen molar-refractivity contribution < 1.29 is 4.92 Å². The second kappa shape index (κ2) is 6.13. The summed E-state index contributed by atoms with van der Waals surface area (Å²) >= 11 is 0. The van der Waals surface area contributed by atoms with Crippen molar-refractivity contribution in [2.45, 2.75) is 33.2 Å². The topological polar surface area (TPSA) is 84.2 Å². The average Bonchev–Trinajstić information content (AvgIpc) is 2.34. The lowest BCUT2D eigenvalue weighted by Gasteiger charge is -2.26. The number of aromatic nitrogens is 2. The van der Waals surface area contributed by atoms with Crippen molar-refractivity contribution in [2.24, 2.45) is 0 Å². The van der Waals surface area contributed by atoms with Crippen molar-refractivity contribution in [1.82, 2.24) is 9.97 Å². The maximum absolute atomic E-state index is 11.0. The lowest BCUT2D eigenvalue weighted by atomic mass is 10.2. The van der Waals surface area contributed by atoms with Gasteiger partial charge in [-0.2, -0.15) is 4.98 Å². The Morgan fingerprint density at radius 1 is 1.56 bits per heavy atom. The van der Waals surface area contributed by atoms with Crippen LogP contribution >= 0.6 is 0 Å². The molecular weight excluding hydrogens is 234 g/mol. The molecule has 0 atom stereocenters. The fourth-order valence-electron chi connectivity index (χ4n) is 1.68. The number of nitrogens with one attached hydrogen (secondary N) is 1. The lowest BCUT2D eigenvalue weighted by molar-refractivity contribution is -0.384. The third-order valence-electron chi connectivity index (χ3n) is 2.53. The van der Waals surface area contributed by atoms with E-state index >= 15 is 0 Å². The Morgan fingerprint density at radius 2 is 2.22 bits per heavy atom. The van der Waals surface area contributed by atoms with Gasteiger partial charge in [-0.1, -0.05) is 6.92 Å². The van der Waals surface area contributed by atoms with Crippen LogP contribution in [0.25, 0.3) is 0 Å². The van der Waals surface area contributed by atoms with Gasteiger partial charge in [0.2, 0.25) is 11.8 Å². The summed E-state index contributed by atoms with van der Waals surface area (Å²) in [6, 6.07) is 0.142. The molecule has 1 N–H and O–H groups in total. The zero-order chi connectivity index (χ0) is 13.7. The predicted octanol–water partition coefficient (Wildman–Crippen LogP) is 2.05. The Labute approximate surface area is 106 Å². The molecule has 0 amide bonds. The summed E-state index contributed by atoms with van der Waals surface area (Å²) in [4.78, 5) is 20.6. The molecule has 0 aliphatic heterocycles. The fraction of sp³-hybridized carbons (Fsp3) is 0.636. The van der Waals surface area contributed by atoms with E-state index in [2.05, 4.69) is 15.3 Å². The molecule has 0 saturated heterocycles. The summed E-state index contributed by atoms with van der Waals surface area (Å²) in [5.74, 6) is 0.758. The molecule has 18 heavy (non-hydrogen) atoms. The molecule has 0 aliphatic rings. The van der Waals surface area contributed by atoms with E-state index in [4.69, 9.17) is 0 Å². The minimum atomic E-state index is -0.445. The fourth-order valence-corrected chi connectivity index (χ4v) is 1.68. The highest BCUT2D eigenvalue weighted by atomic mass is 16.6. The quantitative estimate of drug-likeness (QED) is 0.617. The van der Waals surface area contributed by atoms with Gasteiger partial charge in [-0.05, 0) is 20.3 Å². The highest BCUT2D eigenvalue weighted by molar-refractivity contribution is 5.59. The summed E-state index contributed by atoms with van der Waals surface area (Å²) in [6.45, 7) is 6.72. The summed E-state index contributed by atoms with van der Waals surface area (Å²) in [7, 11) is 1.69. The summed E-state index contributed by atoms with van der Waals surface area (Å²) < 4.78 is 0. The van der Waals surface area contributed by atoms with Crippen LogP contribution < -0.4 is 10.2 Å². The first-order chi connectivity index (χ1) is 8.51. The van der Waals surface area contributed by atoms with Crippen LogP contribution in [0.3, 0.4) is 0 Å². The van der Waals surface area contributed by atoms with E-state index < -0.39 is 4.92 Å². The predicted molar refractivity (Wildman–Crippen MR) is 71.0 cm³/mol. The molecule has 1 aromatic rings. The van der Waals surface area contributed by atoms with Gasteiger partial charge in [-0.15, -0.1) is 0 Å². The van der Waals surface area contributed by atoms with Crippen LogP contribution in [0.1, 0.15) is 27.2 Å². The Kier molecular flexibility index (Phi) is 4.82. The largest absolute Gasteiger partial charge is 0.357 e. The molecule has 0 radical (unpaired) electrons. The van der Waals surface area contributed by atoms with Crippen LogP contribution in [0.15, 0.2) is 6.20 Å². The van der Waals surface area contributed by atoms with Gasteiger partial charge in [0.25, 0.3) is 0 Å². The average molecular weight is 253 g/mol. The first-order valence-corrected chi connectivity index (χ1v) is 5.97. The summed E-state index contributed by atoms with van der Waals surface area (Å²) in [5, 5.41) is 13.8. The Balaban J connectivity index is 3.27. The van der Waals surface area contributed by atoms with Gasteiger partial charge in [-0.25, -0.2) is 4.98 Å². The van der Waals surface area contributed by atoms with Gasteiger partial charge >= 0.3 is 5.69 Å². The van der Waals surface area contributed by atoms with Crippen LogP contribution in [0, 0.1) is 10.1 Å². The van der Waals surface area contributed by atoms with Crippen LogP contribution in [-0.2, 0) is 0 Å². The second-order valence-corrected chi connectivity index (χ2v) is 4.20. The first kappa shape index (κ1) is 14.1. The zero-order valence-corrected chi connectivity index (χ0v) is 11.2. The van der Waals surface area contributed by atoms with Gasteiger partial charge in [0.1, 0.15) is 6.20 Å². The lowest BCUT2D eigenvalue weighted by Crippen LogP contribution is -2.33. The van der Waals surface area contributed by atoms with Crippen LogP contribution in [-0.4, -0.2) is 34.5 Å². The normalized spacial score (nSPS) is 10.5.